The molecule has 1 aliphatic heterocycles. The number of hydrogen-bond donors (Lipinski definition) is 1. The second-order valence-corrected chi connectivity index (χ2v) is 6.28. The van der Waals surface area contributed by atoms with E-state index in [1.54, 1.807) is 0 Å². The summed E-state index contributed by atoms with van der Waals surface area (Å²) in [6, 6.07) is 4.14. The van der Waals surface area contributed by atoms with Gasteiger partial charge in [0.2, 0.25) is 5.88 Å². The summed E-state index contributed by atoms with van der Waals surface area (Å²) in [4.78, 5) is 4.46. The molecular weight excluding hydrogens is 264 g/mol. The molecule has 0 aromatic carbocycles. The molecule has 2 heterocycles. The van der Waals surface area contributed by atoms with E-state index in [1.807, 2.05) is 13.0 Å². The lowest BCUT2D eigenvalue weighted by Gasteiger charge is -2.22. The Morgan fingerprint density at radius 2 is 2.24 bits per heavy atom. The van der Waals surface area contributed by atoms with Crippen molar-refractivity contribution in [2.75, 3.05) is 19.8 Å². The summed E-state index contributed by atoms with van der Waals surface area (Å²) < 4.78 is 11.5. The lowest BCUT2D eigenvalue weighted by molar-refractivity contribution is -0.0119. The molecule has 0 aliphatic carbocycles. The first-order valence-corrected chi connectivity index (χ1v) is 8.06. The van der Waals surface area contributed by atoms with E-state index in [4.69, 9.17) is 9.47 Å². The first-order valence-electron chi connectivity index (χ1n) is 8.06. The highest BCUT2D eigenvalue weighted by Crippen LogP contribution is 2.16. The van der Waals surface area contributed by atoms with Gasteiger partial charge in [0.15, 0.2) is 0 Å². The number of aromatic nitrogens is 1. The SMILES string of the molecule is Cc1cc(CNCC(C)C)cc(OCC2CCCCO2)n1. The van der Waals surface area contributed by atoms with Crippen LogP contribution in [-0.4, -0.2) is 30.8 Å². The standard InChI is InChI=1S/C17H28N2O2/c1-13(2)10-18-11-15-8-14(3)19-17(9-15)21-12-16-6-4-5-7-20-16/h8-9,13,16,18H,4-7,10-12H2,1-3H3. The molecule has 21 heavy (non-hydrogen) atoms. The Hall–Kier alpha value is -1.13. The van der Waals surface area contributed by atoms with Gasteiger partial charge in [0.05, 0.1) is 6.10 Å². The molecule has 2 rings (SSSR count). The van der Waals surface area contributed by atoms with Crippen LogP contribution in [0.5, 0.6) is 5.88 Å². The maximum atomic E-state index is 5.83. The molecule has 118 valence electrons. The first kappa shape index (κ1) is 16.2. The molecule has 0 bridgehead atoms. The third kappa shape index (κ3) is 6.02. The minimum absolute atomic E-state index is 0.226. The summed E-state index contributed by atoms with van der Waals surface area (Å²) in [6.45, 7) is 9.78. The number of rotatable bonds is 7. The summed E-state index contributed by atoms with van der Waals surface area (Å²) in [5, 5.41) is 3.45. The van der Waals surface area contributed by atoms with Crippen LogP contribution in [0.3, 0.4) is 0 Å². The predicted molar refractivity (Wildman–Crippen MR) is 84.6 cm³/mol. The minimum atomic E-state index is 0.226. The molecule has 1 aromatic rings. The predicted octanol–water partition coefficient (Wildman–Crippen LogP) is 3.08. The molecule has 1 fully saturated rings. The zero-order valence-electron chi connectivity index (χ0n) is 13.5. The molecule has 1 atom stereocenters. The fraction of sp³-hybridized carbons (Fsp3) is 0.706. The highest BCUT2D eigenvalue weighted by molar-refractivity contribution is 5.24. The quantitative estimate of drug-likeness (QED) is 0.838. The minimum Gasteiger partial charge on any atom is -0.475 e. The van der Waals surface area contributed by atoms with Gasteiger partial charge in [0.25, 0.3) is 0 Å². The number of aryl methyl sites for hydroxylation is 1. The molecule has 1 saturated heterocycles. The van der Waals surface area contributed by atoms with Gasteiger partial charge in [0, 0.05) is 24.9 Å². The lowest BCUT2D eigenvalue weighted by atomic mass is 10.1. The number of nitrogens with zero attached hydrogens (tertiary/aromatic N) is 1. The normalized spacial score (nSPS) is 19.0. The third-order valence-electron chi connectivity index (χ3n) is 3.56. The van der Waals surface area contributed by atoms with Crippen LogP contribution >= 0.6 is 0 Å². The van der Waals surface area contributed by atoms with Gasteiger partial charge < -0.3 is 14.8 Å². The van der Waals surface area contributed by atoms with Gasteiger partial charge in [-0.15, -0.1) is 0 Å². The van der Waals surface area contributed by atoms with Crippen LogP contribution in [0.4, 0.5) is 0 Å². The van der Waals surface area contributed by atoms with E-state index in [1.165, 1.54) is 18.4 Å². The second-order valence-electron chi connectivity index (χ2n) is 6.28. The van der Waals surface area contributed by atoms with Crippen molar-refractivity contribution in [3.8, 4) is 5.88 Å². The van der Waals surface area contributed by atoms with Crippen molar-refractivity contribution in [2.24, 2.45) is 5.92 Å². The molecule has 1 aliphatic rings. The molecule has 0 spiro atoms. The van der Waals surface area contributed by atoms with Gasteiger partial charge >= 0.3 is 0 Å². The van der Waals surface area contributed by atoms with E-state index in [0.29, 0.717) is 18.4 Å². The summed E-state index contributed by atoms with van der Waals surface area (Å²) in [5.41, 5.74) is 2.22. The monoisotopic (exact) mass is 292 g/mol. The third-order valence-corrected chi connectivity index (χ3v) is 3.56. The number of hydrogen-bond acceptors (Lipinski definition) is 4. The topological polar surface area (TPSA) is 43.4 Å². The van der Waals surface area contributed by atoms with Crippen LogP contribution in [0.15, 0.2) is 12.1 Å². The van der Waals surface area contributed by atoms with Crippen molar-refractivity contribution >= 4 is 0 Å². The maximum absolute atomic E-state index is 5.83. The fourth-order valence-corrected chi connectivity index (χ4v) is 2.51. The van der Waals surface area contributed by atoms with E-state index in [0.717, 1.165) is 31.8 Å². The first-order chi connectivity index (χ1) is 10.1. The van der Waals surface area contributed by atoms with Crippen molar-refractivity contribution in [1.29, 1.82) is 0 Å². The van der Waals surface area contributed by atoms with Gasteiger partial charge in [-0.3, -0.25) is 0 Å². The van der Waals surface area contributed by atoms with Crippen molar-refractivity contribution in [2.45, 2.75) is 52.7 Å². The highest BCUT2D eigenvalue weighted by Gasteiger charge is 2.14. The van der Waals surface area contributed by atoms with Crippen LogP contribution in [0.2, 0.25) is 0 Å². The van der Waals surface area contributed by atoms with Crippen LogP contribution in [0.1, 0.15) is 44.4 Å². The average molecular weight is 292 g/mol. The number of pyridine rings is 1. The van der Waals surface area contributed by atoms with Gasteiger partial charge in [-0.05, 0) is 50.3 Å². The van der Waals surface area contributed by atoms with Gasteiger partial charge in [-0.1, -0.05) is 13.8 Å². The van der Waals surface area contributed by atoms with E-state index >= 15 is 0 Å². The Kier molecular flexibility index (Phi) is 6.46. The Labute approximate surface area is 128 Å². The van der Waals surface area contributed by atoms with Crippen molar-refractivity contribution < 1.29 is 9.47 Å². The zero-order chi connectivity index (χ0) is 15.1. The highest BCUT2D eigenvalue weighted by atomic mass is 16.5. The second kappa shape index (κ2) is 8.35. The van der Waals surface area contributed by atoms with Crippen LogP contribution in [0.25, 0.3) is 0 Å². The molecule has 0 amide bonds. The van der Waals surface area contributed by atoms with Gasteiger partial charge in [0.1, 0.15) is 6.61 Å². The maximum Gasteiger partial charge on any atom is 0.213 e. The fourth-order valence-electron chi connectivity index (χ4n) is 2.51. The Morgan fingerprint density at radius 1 is 1.38 bits per heavy atom. The molecular formula is C17H28N2O2. The molecule has 1 unspecified atom stereocenters. The van der Waals surface area contributed by atoms with Crippen LogP contribution in [0, 0.1) is 12.8 Å². The molecule has 4 heteroatoms. The molecule has 4 nitrogen and oxygen atoms in total. The molecule has 1 aromatic heterocycles. The summed E-state index contributed by atoms with van der Waals surface area (Å²) in [6.07, 6.45) is 3.72. The molecule has 0 radical (unpaired) electrons. The van der Waals surface area contributed by atoms with Crippen molar-refractivity contribution in [3.05, 3.63) is 23.4 Å². The largest absolute Gasteiger partial charge is 0.475 e. The van der Waals surface area contributed by atoms with Gasteiger partial charge in [-0.2, -0.15) is 0 Å². The summed E-state index contributed by atoms with van der Waals surface area (Å²) in [5.74, 6) is 1.37. The lowest BCUT2D eigenvalue weighted by Crippen LogP contribution is -2.26. The number of nitrogens with one attached hydrogen (secondary N) is 1. The molecule has 0 saturated carbocycles. The van der Waals surface area contributed by atoms with Crippen molar-refractivity contribution in [3.63, 3.8) is 0 Å². The number of ether oxygens (including phenoxy) is 2. The van der Waals surface area contributed by atoms with Crippen molar-refractivity contribution in [1.82, 2.24) is 10.3 Å². The molecule has 1 N–H and O–H groups in total. The smallest absolute Gasteiger partial charge is 0.213 e. The summed E-state index contributed by atoms with van der Waals surface area (Å²) in [7, 11) is 0. The van der Waals surface area contributed by atoms with E-state index in [2.05, 4.69) is 30.2 Å². The van der Waals surface area contributed by atoms with Gasteiger partial charge in [-0.25, -0.2) is 4.98 Å². The summed E-state index contributed by atoms with van der Waals surface area (Å²) >= 11 is 0. The van der Waals surface area contributed by atoms with Crippen LogP contribution < -0.4 is 10.1 Å². The van der Waals surface area contributed by atoms with Crippen LogP contribution in [-0.2, 0) is 11.3 Å². The average Bonchev–Trinajstić information content (AvgIpc) is 2.45. The Bertz CT molecular complexity index is 429. The van der Waals surface area contributed by atoms with E-state index in [-0.39, 0.29) is 6.10 Å². The zero-order valence-corrected chi connectivity index (χ0v) is 13.5. The van der Waals surface area contributed by atoms with E-state index in [9.17, 15) is 0 Å². The van der Waals surface area contributed by atoms with E-state index < -0.39 is 0 Å². The Balaban J connectivity index is 1.85. The Morgan fingerprint density at radius 3 is 2.95 bits per heavy atom.